The molecule has 0 aliphatic heterocycles. The number of rotatable bonds is 7. The molecule has 1 amide bonds. The van der Waals surface area contributed by atoms with E-state index in [4.69, 9.17) is 16.3 Å². The first-order valence-corrected chi connectivity index (χ1v) is 9.60. The molecule has 2 aromatic carbocycles. The molecule has 1 heterocycles. The highest BCUT2D eigenvalue weighted by molar-refractivity contribution is 6.33. The lowest BCUT2D eigenvalue weighted by Crippen LogP contribution is -2.45. The number of ether oxygens (including phenoxy) is 1. The van der Waals surface area contributed by atoms with Crippen molar-refractivity contribution in [3.63, 3.8) is 0 Å². The van der Waals surface area contributed by atoms with E-state index < -0.39 is 23.5 Å². The molecule has 0 saturated carbocycles. The number of methoxy groups -OCH3 is 1. The number of hydrogen-bond acceptors (Lipinski definition) is 5. The van der Waals surface area contributed by atoms with Crippen molar-refractivity contribution in [2.24, 2.45) is 0 Å². The Morgan fingerprint density at radius 3 is 2.47 bits per heavy atom. The maximum atomic E-state index is 12.6. The number of nitrogens with zero attached hydrogens (tertiary/aromatic N) is 2. The van der Waals surface area contributed by atoms with Gasteiger partial charge in [-0.25, -0.2) is 9.48 Å². The van der Waals surface area contributed by atoms with Crippen LogP contribution in [-0.2, 0) is 27.3 Å². The third-order valence-corrected chi connectivity index (χ3v) is 4.74. The molecule has 154 valence electrons. The van der Waals surface area contributed by atoms with E-state index in [1.807, 2.05) is 30.3 Å². The zero-order valence-corrected chi connectivity index (χ0v) is 17.0. The van der Waals surface area contributed by atoms with Gasteiger partial charge >= 0.3 is 5.97 Å². The minimum Gasteiger partial charge on any atom is -0.467 e. The van der Waals surface area contributed by atoms with E-state index in [9.17, 15) is 14.4 Å². The van der Waals surface area contributed by atoms with E-state index in [0.29, 0.717) is 16.3 Å². The average molecular weight is 426 g/mol. The number of amides is 1. The Morgan fingerprint density at radius 2 is 1.77 bits per heavy atom. The lowest BCUT2D eigenvalue weighted by atomic mass is 10.1. The van der Waals surface area contributed by atoms with Crippen molar-refractivity contribution in [3.05, 3.63) is 87.7 Å². The monoisotopic (exact) mass is 425 g/mol. The summed E-state index contributed by atoms with van der Waals surface area (Å²) >= 11 is 6.20. The highest BCUT2D eigenvalue weighted by atomic mass is 35.5. The van der Waals surface area contributed by atoms with E-state index in [1.165, 1.54) is 13.2 Å². The van der Waals surface area contributed by atoms with Crippen LogP contribution in [0.2, 0.25) is 5.02 Å². The molecule has 1 aromatic heterocycles. The van der Waals surface area contributed by atoms with Gasteiger partial charge in [-0.15, -0.1) is 0 Å². The van der Waals surface area contributed by atoms with Crippen molar-refractivity contribution in [2.75, 3.05) is 7.11 Å². The minimum atomic E-state index is -0.882. The predicted molar refractivity (Wildman–Crippen MR) is 113 cm³/mol. The van der Waals surface area contributed by atoms with Crippen LogP contribution in [0.3, 0.4) is 0 Å². The molecule has 3 rings (SSSR count). The second kappa shape index (κ2) is 9.84. The van der Waals surface area contributed by atoms with E-state index in [2.05, 4.69) is 10.4 Å². The number of carbonyl (C=O) groups is 2. The summed E-state index contributed by atoms with van der Waals surface area (Å²) in [5, 5.41) is 7.35. The summed E-state index contributed by atoms with van der Waals surface area (Å²) in [5.74, 6) is -1.11. The molecule has 3 aromatic rings. The van der Waals surface area contributed by atoms with Crippen LogP contribution in [0.15, 0.2) is 71.5 Å². The van der Waals surface area contributed by atoms with Crippen LogP contribution in [0.25, 0.3) is 11.3 Å². The smallest absolute Gasteiger partial charge is 0.328 e. The number of benzene rings is 2. The molecule has 1 N–H and O–H groups in total. The molecule has 0 spiro atoms. The molecule has 30 heavy (non-hydrogen) atoms. The second-order valence-corrected chi connectivity index (χ2v) is 6.93. The highest BCUT2D eigenvalue weighted by Gasteiger charge is 2.22. The molecule has 0 saturated heterocycles. The van der Waals surface area contributed by atoms with Crippen LogP contribution in [-0.4, -0.2) is 34.8 Å². The van der Waals surface area contributed by atoms with Crippen LogP contribution in [0.5, 0.6) is 0 Å². The van der Waals surface area contributed by atoms with Crippen molar-refractivity contribution < 1.29 is 14.3 Å². The second-order valence-electron chi connectivity index (χ2n) is 6.53. The maximum Gasteiger partial charge on any atom is 0.328 e. The van der Waals surface area contributed by atoms with Gasteiger partial charge in [0.1, 0.15) is 12.6 Å². The Bertz CT molecular complexity index is 1100. The Hall–Kier alpha value is -3.45. The topological polar surface area (TPSA) is 90.3 Å². The van der Waals surface area contributed by atoms with Gasteiger partial charge in [-0.1, -0.05) is 60.1 Å². The van der Waals surface area contributed by atoms with Crippen LogP contribution in [0.1, 0.15) is 5.56 Å². The van der Waals surface area contributed by atoms with Gasteiger partial charge in [0.25, 0.3) is 5.56 Å². The molecule has 0 aliphatic rings. The van der Waals surface area contributed by atoms with E-state index >= 15 is 0 Å². The quantitative estimate of drug-likeness (QED) is 0.587. The van der Waals surface area contributed by atoms with Crippen molar-refractivity contribution in [2.45, 2.75) is 19.0 Å². The van der Waals surface area contributed by atoms with Crippen molar-refractivity contribution in [1.29, 1.82) is 0 Å². The third kappa shape index (κ3) is 5.33. The molecular weight excluding hydrogens is 406 g/mol. The Labute approximate surface area is 178 Å². The number of aromatic nitrogens is 2. The SMILES string of the molecule is COC(=O)[C@@H](Cc1ccccc1)NC(=O)Cn1nc(-c2ccccc2Cl)ccc1=O. The largest absolute Gasteiger partial charge is 0.467 e. The molecule has 1 atom stereocenters. The van der Waals surface area contributed by atoms with Gasteiger partial charge in [-0.2, -0.15) is 5.10 Å². The molecular formula is C22H20ClN3O4. The standard InChI is InChI=1S/C22H20ClN3O4/c1-30-22(29)19(13-15-7-3-2-4-8-15)24-20(27)14-26-21(28)12-11-18(25-26)16-9-5-6-10-17(16)23/h2-12,19H,13-14H2,1H3,(H,24,27)/t19-/m1/s1. The van der Waals surface area contributed by atoms with Gasteiger partial charge in [0.05, 0.1) is 17.8 Å². The first-order chi connectivity index (χ1) is 14.5. The molecule has 0 radical (unpaired) electrons. The van der Waals surface area contributed by atoms with Gasteiger partial charge < -0.3 is 10.1 Å². The number of hydrogen-bond donors (Lipinski definition) is 1. The van der Waals surface area contributed by atoms with Crippen molar-refractivity contribution in [3.8, 4) is 11.3 Å². The molecule has 8 heteroatoms. The summed E-state index contributed by atoms with van der Waals surface area (Å²) < 4.78 is 5.83. The molecule has 0 fully saturated rings. The van der Waals surface area contributed by atoms with Gasteiger partial charge in [0, 0.05) is 18.1 Å². The van der Waals surface area contributed by atoms with Gasteiger partial charge in [-0.3, -0.25) is 9.59 Å². The fourth-order valence-electron chi connectivity index (χ4n) is 2.94. The lowest BCUT2D eigenvalue weighted by Gasteiger charge is -2.17. The fourth-order valence-corrected chi connectivity index (χ4v) is 3.17. The van der Waals surface area contributed by atoms with Gasteiger partial charge in [-0.05, 0) is 17.7 Å². The Balaban J connectivity index is 1.77. The zero-order valence-electron chi connectivity index (χ0n) is 16.2. The average Bonchev–Trinajstić information content (AvgIpc) is 2.75. The number of esters is 1. The maximum absolute atomic E-state index is 12.6. The van der Waals surface area contributed by atoms with Crippen LogP contribution in [0, 0.1) is 0 Å². The Kier molecular flexibility index (Phi) is 6.98. The Morgan fingerprint density at radius 1 is 1.07 bits per heavy atom. The predicted octanol–water partition coefficient (Wildman–Crippen LogP) is 2.46. The fraction of sp³-hybridized carbons (Fsp3) is 0.182. The summed E-state index contributed by atoms with van der Waals surface area (Å²) in [7, 11) is 1.26. The lowest BCUT2D eigenvalue weighted by molar-refractivity contribution is -0.145. The molecule has 0 bridgehead atoms. The number of carbonyl (C=O) groups excluding carboxylic acids is 2. The molecule has 0 unspecified atom stereocenters. The van der Waals surface area contributed by atoms with Gasteiger partial charge in [0.15, 0.2) is 0 Å². The first-order valence-electron chi connectivity index (χ1n) is 9.22. The number of halogens is 1. The summed E-state index contributed by atoms with van der Waals surface area (Å²) in [5.41, 5.74) is 1.52. The minimum absolute atomic E-state index is 0.265. The molecule has 7 nitrogen and oxygen atoms in total. The van der Waals surface area contributed by atoms with E-state index in [1.54, 1.807) is 30.3 Å². The number of nitrogens with one attached hydrogen (secondary N) is 1. The third-order valence-electron chi connectivity index (χ3n) is 4.41. The normalized spacial score (nSPS) is 11.5. The highest BCUT2D eigenvalue weighted by Crippen LogP contribution is 2.24. The van der Waals surface area contributed by atoms with E-state index in [0.717, 1.165) is 10.2 Å². The van der Waals surface area contributed by atoms with Crippen LogP contribution in [0.4, 0.5) is 0 Å². The van der Waals surface area contributed by atoms with Crippen LogP contribution >= 0.6 is 11.6 Å². The summed E-state index contributed by atoms with van der Waals surface area (Å²) in [4.78, 5) is 36.9. The molecule has 0 aliphatic carbocycles. The zero-order chi connectivity index (χ0) is 21.5. The van der Waals surface area contributed by atoms with E-state index in [-0.39, 0.29) is 13.0 Å². The summed E-state index contributed by atoms with van der Waals surface area (Å²) in [6.07, 6.45) is 0.265. The van der Waals surface area contributed by atoms with Crippen molar-refractivity contribution >= 4 is 23.5 Å². The summed E-state index contributed by atoms with van der Waals surface area (Å²) in [6, 6.07) is 18.3. The first kappa shape index (κ1) is 21.3. The van der Waals surface area contributed by atoms with Crippen LogP contribution < -0.4 is 10.9 Å². The van der Waals surface area contributed by atoms with Crippen molar-refractivity contribution in [1.82, 2.24) is 15.1 Å². The van der Waals surface area contributed by atoms with Gasteiger partial charge in [0.2, 0.25) is 5.91 Å². The summed E-state index contributed by atoms with van der Waals surface area (Å²) in [6.45, 7) is -0.348.